The number of rotatable bonds is 11. The molecule has 1 atom stereocenters. The summed E-state index contributed by atoms with van der Waals surface area (Å²) in [5.41, 5.74) is 1.44. The van der Waals surface area contributed by atoms with Gasteiger partial charge in [-0.3, -0.25) is 4.79 Å². The van der Waals surface area contributed by atoms with Crippen molar-refractivity contribution >= 4 is 27.0 Å². The fourth-order valence-electron chi connectivity index (χ4n) is 3.48. The molecule has 2 aromatic rings. The Morgan fingerprint density at radius 3 is 2.59 bits per heavy atom. The molecule has 0 bridgehead atoms. The van der Waals surface area contributed by atoms with Crippen LogP contribution < -0.4 is 10.5 Å². The van der Waals surface area contributed by atoms with Crippen molar-refractivity contribution in [2.45, 2.75) is 83.7 Å². The van der Waals surface area contributed by atoms with E-state index < -0.39 is 10.0 Å². The summed E-state index contributed by atoms with van der Waals surface area (Å²) in [7, 11) is -3.78. The zero-order valence-corrected chi connectivity index (χ0v) is 18.8. The molecule has 1 heterocycles. The molecule has 2 rings (SSSR count). The van der Waals surface area contributed by atoms with Crippen LogP contribution in [0.1, 0.15) is 65.6 Å². The number of sulfonamides is 1. The van der Waals surface area contributed by atoms with E-state index in [1.807, 2.05) is 6.92 Å². The number of benzene rings is 1. The van der Waals surface area contributed by atoms with Crippen molar-refractivity contribution in [2.75, 3.05) is 0 Å². The summed E-state index contributed by atoms with van der Waals surface area (Å²) in [5, 5.41) is 8.30. The molecule has 0 aliphatic heterocycles. The summed E-state index contributed by atoms with van der Waals surface area (Å²) in [5.74, 6) is 1.48. The van der Waals surface area contributed by atoms with Gasteiger partial charge in [0, 0.05) is 25.4 Å². The van der Waals surface area contributed by atoms with Gasteiger partial charge in [0.05, 0.1) is 15.9 Å². The topological polar surface area (TPSA) is 107 Å². The van der Waals surface area contributed by atoms with Crippen LogP contribution in [0.15, 0.2) is 23.1 Å². The summed E-state index contributed by atoms with van der Waals surface area (Å²) in [6.07, 6.45) is 5.02. The predicted molar refractivity (Wildman–Crippen MR) is 116 cm³/mol. The minimum atomic E-state index is -3.78. The van der Waals surface area contributed by atoms with Crippen LogP contribution in [0.5, 0.6) is 0 Å². The minimum absolute atomic E-state index is 0.0161. The number of aromatic nitrogens is 2. The standard InChI is InChI=1S/C21H34N4O3S/c1-5-13-25-19-10-9-17(29(22,27)28)14-18(19)24-20(25)11-12-21(26)23-16(4)8-6-7-15(2)3/h9-10,14-16H,5-8,11-13H2,1-4H3,(H,23,26)(H2,22,27,28)/t16-/m1/s1. The van der Waals surface area contributed by atoms with Gasteiger partial charge in [0.15, 0.2) is 0 Å². The van der Waals surface area contributed by atoms with Gasteiger partial charge in [-0.1, -0.05) is 33.6 Å². The average Bonchev–Trinajstić information content (AvgIpc) is 2.96. The smallest absolute Gasteiger partial charge is 0.238 e. The zero-order chi connectivity index (χ0) is 21.6. The maximum absolute atomic E-state index is 12.3. The molecule has 1 amide bonds. The number of nitrogens with two attached hydrogens (primary N) is 1. The molecule has 29 heavy (non-hydrogen) atoms. The van der Waals surface area contributed by atoms with Gasteiger partial charge in [0.2, 0.25) is 15.9 Å². The molecule has 0 fully saturated rings. The Morgan fingerprint density at radius 2 is 1.97 bits per heavy atom. The highest BCUT2D eigenvalue weighted by Crippen LogP contribution is 2.21. The Labute approximate surface area is 174 Å². The number of primary sulfonamides is 1. The molecule has 3 N–H and O–H groups in total. The van der Waals surface area contributed by atoms with Gasteiger partial charge in [0.25, 0.3) is 0 Å². The SMILES string of the molecule is CCCn1c(CCC(=O)N[C@H](C)CCCC(C)C)nc2cc(S(N)(=O)=O)ccc21. The van der Waals surface area contributed by atoms with Crippen LogP contribution in [0.3, 0.4) is 0 Å². The van der Waals surface area contributed by atoms with E-state index in [9.17, 15) is 13.2 Å². The van der Waals surface area contributed by atoms with Gasteiger partial charge in [-0.25, -0.2) is 18.5 Å². The molecule has 1 aromatic carbocycles. The lowest BCUT2D eigenvalue weighted by molar-refractivity contribution is -0.121. The maximum Gasteiger partial charge on any atom is 0.238 e. The first-order valence-electron chi connectivity index (χ1n) is 10.4. The number of fused-ring (bicyclic) bond motifs is 1. The van der Waals surface area contributed by atoms with Gasteiger partial charge >= 0.3 is 0 Å². The second kappa shape index (κ2) is 10.2. The molecule has 8 heteroatoms. The number of amides is 1. The second-order valence-electron chi connectivity index (χ2n) is 8.17. The molecule has 0 saturated heterocycles. The fraction of sp³-hybridized carbons (Fsp3) is 0.619. The third-order valence-corrected chi connectivity index (χ3v) is 5.89. The summed E-state index contributed by atoms with van der Waals surface area (Å²) in [6.45, 7) is 9.28. The van der Waals surface area contributed by atoms with E-state index in [-0.39, 0.29) is 16.8 Å². The normalized spacial score (nSPS) is 13.2. The Kier molecular flexibility index (Phi) is 8.22. The predicted octanol–water partition coefficient (Wildman–Crippen LogP) is 3.36. The van der Waals surface area contributed by atoms with E-state index in [2.05, 4.69) is 35.6 Å². The van der Waals surface area contributed by atoms with Crippen LogP contribution in [0.2, 0.25) is 0 Å². The van der Waals surface area contributed by atoms with Crippen molar-refractivity contribution in [3.63, 3.8) is 0 Å². The molecule has 7 nitrogen and oxygen atoms in total. The van der Waals surface area contributed by atoms with Crippen molar-refractivity contribution in [2.24, 2.45) is 11.1 Å². The lowest BCUT2D eigenvalue weighted by Gasteiger charge is -2.14. The molecular formula is C21H34N4O3S. The highest BCUT2D eigenvalue weighted by molar-refractivity contribution is 7.89. The summed E-state index contributed by atoms with van der Waals surface area (Å²) in [6, 6.07) is 4.89. The van der Waals surface area contributed by atoms with Crippen molar-refractivity contribution in [1.82, 2.24) is 14.9 Å². The van der Waals surface area contributed by atoms with Gasteiger partial charge in [-0.15, -0.1) is 0 Å². The molecule has 0 aliphatic carbocycles. The quantitative estimate of drug-likeness (QED) is 0.579. The average molecular weight is 423 g/mol. The number of hydrogen-bond acceptors (Lipinski definition) is 4. The Morgan fingerprint density at radius 1 is 1.24 bits per heavy atom. The van der Waals surface area contributed by atoms with Crippen LogP contribution in [-0.4, -0.2) is 29.9 Å². The van der Waals surface area contributed by atoms with Crippen LogP contribution in [0, 0.1) is 5.92 Å². The Bertz CT molecular complexity index is 935. The molecule has 162 valence electrons. The van der Waals surface area contributed by atoms with Gasteiger partial charge in [-0.05, 0) is 43.9 Å². The van der Waals surface area contributed by atoms with E-state index in [1.165, 1.54) is 18.6 Å². The number of hydrogen-bond donors (Lipinski definition) is 2. The van der Waals surface area contributed by atoms with E-state index in [0.29, 0.717) is 24.3 Å². The largest absolute Gasteiger partial charge is 0.354 e. The molecule has 0 aliphatic rings. The number of nitrogens with one attached hydrogen (secondary N) is 1. The third-order valence-electron chi connectivity index (χ3n) is 4.98. The minimum Gasteiger partial charge on any atom is -0.354 e. The second-order valence-corrected chi connectivity index (χ2v) is 9.73. The number of aryl methyl sites for hydroxylation is 2. The monoisotopic (exact) mass is 422 g/mol. The van der Waals surface area contributed by atoms with Crippen molar-refractivity contribution in [3.05, 3.63) is 24.0 Å². The summed E-state index contributed by atoms with van der Waals surface area (Å²) < 4.78 is 25.3. The third kappa shape index (κ3) is 6.82. The van der Waals surface area contributed by atoms with E-state index in [0.717, 1.165) is 37.1 Å². The zero-order valence-electron chi connectivity index (χ0n) is 17.9. The highest BCUT2D eigenvalue weighted by Gasteiger charge is 2.16. The van der Waals surface area contributed by atoms with E-state index >= 15 is 0 Å². The fourth-order valence-corrected chi connectivity index (χ4v) is 4.01. The lowest BCUT2D eigenvalue weighted by Crippen LogP contribution is -2.32. The Balaban J connectivity index is 2.06. The van der Waals surface area contributed by atoms with Crippen molar-refractivity contribution in [1.29, 1.82) is 0 Å². The molecule has 0 unspecified atom stereocenters. The number of imidazole rings is 1. The van der Waals surface area contributed by atoms with Crippen molar-refractivity contribution < 1.29 is 13.2 Å². The van der Waals surface area contributed by atoms with Crippen LogP contribution in [0.25, 0.3) is 11.0 Å². The first kappa shape index (κ1) is 23.3. The maximum atomic E-state index is 12.3. The molecule has 1 aromatic heterocycles. The molecular weight excluding hydrogens is 388 g/mol. The molecule has 0 spiro atoms. The number of nitrogens with zero attached hydrogens (tertiary/aromatic N) is 2. The van der Waals surface area contributed by atoms with Crippen molar-refractivity contribution in [3.8, 4) is 0 Å². The first-order chi connectivity index (χ1) is 13.6. The number of carbonyl (C=O) groups excluding carboxylic acids is 1. The van der Waals surface area contributed by atoms with Crippen LogP contribution >= 0.6 is 0 Å². The summed E-state index contributed by atoms with van der Waals surface area (Å²) in [4.78, 5) is 17.0. The van der Waals surface area contributed by atoms with E-state index in [1.54, 1.807) is 6.07 Å². The lowest BCUT2D eigenvalue weighted by atomic mass is 10.0. The highest BCUT2D eigenvalue weighted by atomic mass is 32.2. The van der Waals surface area contributed by atoms with Gasteiger partial charge < -0.3 is 9.88 Å². The van der Waals surface area contributed by atoms with Gasteiger partial charge in [-0.2, -0.15) is 0 Å². The van der Waals surface area contributed by atoms with E-state index in [4.69, 9.17) is 5.14 Å². The molecule has 0 saturated carbocycles. The first-order valence-corrected chi connectivity index (χ1v) is 12.0. The van der Waals surface area contributed by atoms with Crippen LogP contribution in [-0.2, 0) is 27.8 Å². The Hall–Kier alpha value is -1.93. The van der Waals surface area contributed by atoms with Crippen LogP contribution in [0.4, 0.5) is 0 Å². The van der Waals surface area contributed by atoms with Gasteiger partial charge in [0.1, 0.15) is 5.82 Å². The molecule has 0 radical (unpaired) electrons. The summed E-state index contributed by atoms with van der Waals surface area (Å²) >= 11 is 0. The number of carbonyl (C=O) groups is 1.